The van der Waals surface area contributed by atoms with E-state index >= 15 is 0 Å². The second kappa shape index (κ2) is 13.0. The number of hydrogen-bond donors (Lipinski definition) is 1. The first-order valence-electron chi connectivity index (χ1n) is 11.9. The van der Waals surface area contributed by atoms with Crippen molar-refractivity contribution in [1.29, 1.82) is 0 Å². The zero-order valence-corrected chi connectivity index (χ0v) is 19.0. The number of hydrogen-bond acceptors (Lipinski definition) is 5. The highest BCUT2D eigenvalue weighted by Gasteiger charge is 2.26. The number of nitrogens with zero attached hydrogens (tertiary/aromatic N) is 4. The van der Waals surface area contributed by atoms with E-state index in [0.717, 1.165) is 103 Å². The predicted molar refractivity (Wildman–Crippen MR) is 122 cm³/mol. The van der Waals surface area contributed by atoms with Gasteiger partial charge in [-0.1, -0.05) is 13.8 Å². The minimum absolute atomic E-state index is 0.732. The molecule has 170 valence electrons. The third kappa shape index (κ3) is 7.60. The van der Waals surface area contributed by atoms with Crippen molar-refractivity contribution in [2.45, 2.75) is 33.1 Å². The van der Waals surface area contributed by atoms with Gasteiger partial charge < -0.3 is 24.3 Å². The molecule has 3 heterocycles. The van der Waals surface area contributed by atoms with Gasteiger partial charge in [0.1, 0.15) is 5.76 Å². The standard InChI is InChI=1S/C23H41N5O2/c1-3-26(4-2)19-21-9-13-28(20-21)23(25-11-8-22-7-5-16-30-22)24-10-6-12-27-14-17-29-18-15-27/h5,7,16,21H,3-4,6,8-15,17-20H2,1-2H3,(H,24,25). The predicted octanol–water partition coefficient (Wildman–Crippen LogP) is 2.15. The van der Waals surface area contributed by atoms with E-state index in [1.54, 1.807) is 6.26 Å². The first kappa shape index (κ1) is 23.1. The van der Waals surface area contributed by atoms with Crippen LogP contribution in [0.5, 0.6) is 0 Å². The van der Waals surface area contributed by atoms with Gasteiger partial charge in [-0.25, -0.2) is 0 Å². The van der Waals surface area contributed by atoms with Gasteiger partial charge in [-0.3, -0.25) is 9.89 Å². The lowest BCUT2D eigenvalue weighted by molar-refractivity contribution is 0.0377. The normalized spacial score (nSPS) is 21.0. The number of ether oxygens (including phenoxy) is 1. The molecule has 1 atom stereocenters. The molecule has 7 nitrogen and oxygen atoms in total. The van der Waals surface area contributed by atoms with E-state index in [-0.39, 0.29) is 0 Å². The summed E-state index contributed by atoms with van der Waals surface area (Å²) in [5.41, 5.74) is 0. The fraction of sp³-hybridized carbons (Fsp3) is 0.783. The molecule has 0 aliphatic carbocycles. The van der Waals surface area contributed by atoms with Crippen molar-refractivity contribution < 1.29 is 9.15 Å². The highest BCUT2D eigenvalue weighted by Crippen LogP contribution is 2.18. The lowest BCUT2D eigenvalue weighted by Gasteiger charge is -2.26. The fourth-order valence-electron chi connectivity index (χ4n) is 4.35. The molecular formula is C23H41N5O2. The zero-order chi connectivity index (χ0) is 21.0. The van der Waals surface area contributed by atoms with E-state index in [9.17, 15) is 0 Å². The summed E-state index contributed by atoms with van der Waals surface area (Å²) < 4.78 is 10.9. The van der Waals surface area contributed by atoms with Crippen molar-refractivity contribution in [2.75, 3.05) is 78.7 Å². The molecule has 2 saturated heterocycles. The summed E-state index contributed by atoms with van der Waals surface area (Å²) in [6, 6.07) is 3.99. The third-order valence-corrected chi connectivity index (χ3v) is 6.23. The summed E-state index contributed by atoms with van der Waals surface area (Å²) in [4.78, 5) is 12.5. The molecule has 30 heavy (non-hydrogen) atoms. The fourth-order valence-corrected chi connectivity index (χ4v) is 4.35. The van der Waals surface area contributed by atoms with E-state index in [4.69, 9.17) is 14.1 Å². The smallest absolute Gasteiger partial charge is 0.193 e. The SMILES string of the molecule is CCN(CC)CC1CCN(C(=NCCCN2CCOCC2)NCCc2ccco2)C1. The van der Waals surface area contributed by atoms with Gasteiger partial charge in [0.15, 0.2) is 5.96 Å². The molecule has 7 heteroatoms. The minimum atomic E-state index is 0.732. The summed E-state index contributed by atoms with van der Waals surface area (Å²) in [5.74, 6) is 2.83. The van der Waals surface area contributed by atoms with Crippen LogP contribution in [-0.2, 0) is 11.2 Å². The van der Waals surface area contributed by atoms with E-state index in [0.29, 0.717) is 0 Å². The van der Waals surface area contributed by atoms with E-state index in [2.05, 4.69) is 33.9 Å². The summed E-state index contributed by atoms with van der Waals surface area (Å²) in [5, 5.41) is 3.61. The van der Waals surface area contributed by atoms with Crippen molar-refractivity contribution >= 4 is 5.96 Å². The van der Waals surface area contributed by atoms with Crippen LogP contribution in [0.25, 0.3) is 0 Å². The topological polar surface area (TPSA) is 56.5 Å². The lowest BCUT2D eigenvalue weighted by Crippen LogP contribution is -2.42. The molecule has 1 aromatic rings. The van der Waals surface area contributed by atoms with Gasteiger partial charge in [0, 0.05) is 58.8 Å². The second-order valence-corrected chi connectivity index (χ2v) is 8.36. The van der Waals surface area contributed by atoms with Gasteiger partial charge in [-0.05, 0) is 44.0 Å². The molecule has 2 aliphatic heterocycles. The Morgan fingerprint density at radius 2 is 2.07 bits per heavy atom. The number of aliphatic imine (C=N–C) groups is 1. The number of furan rings is 1. The van der Waals surface area contributed by atoms with Crippen molar-refractivity contribution in [3.8, 4) is 0 Å². The third-order valence-electron chi connectivity index (χ3n) is 6.23. The average molecular weight is 420 g/mol. The molecule has 0 aromatic carbocycles. The largest absolute Gasteiger partial charge is 0.469 e. The monoisotopic (exact) mass is 419 g/mol. The summed E-state index contributed by atoms with van der Waals surface area (Å²) in [6.45, 7) is 16.9. The van der Waals surface area contributed by atoms with Gasteiger partial charge in [-0.15, -0.1) is 0 Å². The summed E-state index contributed by atoms with van der Waals surface area (Å²) in [7, 11) is 0. The molecular weight excluding hydrogens is 378 g/mol. The molecule has 2 fully saturated rings. The second-order valence-electron chi connectivity index (χ2n) is 8.36. The Kier molecular flexibility index (Phi) is 9.99. The Bertz CT molecular complexity index is 597. The van der Waals surface area contributed by atoms with E-state index < -0.39 is 0 Å². The Morgan fingerprint density at radius 1 is 1.23 bits per heavy atom. The quantitative estimate of drug-likeness (QED) is 0.337. The van der Waals surface area contributed by atoms with Gasteiger partial charge in [-0.2, -0.15) is 0 Å². The molecule has 3 rings (SSSR count). The maximum Gasteiger partial charge on any atom is 0.193 e. The van der Waals surface area contributed by atoms with E-state index in [1.807, 2.05) is 12.1 Å². The average Bonchev–Trinajstić information content (AvgIpc) is 3.46. The van der Waals surface area contributed by atoms with Crippen LogP contribution in [0.3, 0.4) is 0 Å². The Morgan fingerprint density at radius 3 is 2.80 bits per heavy atom. The highest BCUT2D eigenvalue weighted by atomic mass is 16.5. The van der Waals surface area contributed by atoms with Crippen LogP contribution in [0.2, 0.25) is 0 Å². The molecule has 0 amide bonds. The van der Waals surface area contributed by atoms with Crippen LogP contribution in [0, 0.1) is 5.92 Å². The van der Waals surface area contributed by atoms with Crippen molar-refractivity contribution in [3.63, 3.8) is 0 Å². The van der Waals surface area contributed by atoms with Crippen LogP contribution in [0.4, 0.5) is 0 Å². The van der Waals surface area contributed by atoms with Crippen LogP contribution in [-0.4, -0.2) is 99.3 Å². The van der Waals surface area contributed by atoms with Crippen LogP contribution in [0.1, 0.15) is 32.4 Å². The van der Waals surface area contributed by atoms with Crippen molar-refractivity contribution in [3.05, 3.63) is 24.2 Å². The van der Waals surface area contributed by atoms with Gasteiger partial charge >= 0.3 is 0 Å². The number of rotatable bonds is 11. The number of guanidine groups is 1. The summed E-state index contributed by atoms with van der Waals surface area (Å²) in [6.07, 6.45) is 4.98. The number of likely N-dealkylation sites (tertiary alicyclic amines) is 1. The number of morpholine rings is 1. The maximum absolute atomic E-state index is 5.48. The molecule has 1 unspecified atom stereocenters. The molecule has 0 saturated carbocycles. The zero-order valence-electron chi connectivity index (χ0n) is 19.0. The Labute approximate surface area is 182 Å². The van der Waals surface area contributed by atoms with Gasteiger partial charge in [0.2, 0.25) is 0 Å². The molecule has 1 N–H and O–H groups in total. The van der Waals surface area contributed by atoms with Crippen LogP contribution < -0.4 is 5.32 Å². The van der Waals surface area contributed by atoms with Gasteiger partial charge in [0.25, 0.3) is 0 Å². The lowest BCUT2D eigenvalue weighted by atomic mass is 10.1. The Balaban J connectivity index is 1.49. The first-order chi connectivity index (χ1) is 14.8. The maximum atomic E-state index is 5.48. The van der Waals surface area contributed by atoms with E-state index in [1.165, 1.54) is 13.0 Å². The molecule has 0 bridgehead atoms. The summed E-state index contributed by atoms with van der Waals surface area (Å²) >= 11 is 0. The first-order valence-corrected chi connectivity index (χ1v) is 11.9. The Hall–Kier alpha value is -1.57. The highest BCUT2D eigenvalue weighted by molar-refractivity contribution is 5.80. The van der Waals surface area contributed by atoms with Crippen LogP contribution >= 0.6 is 0 Å². The molecule has 0 radical (unpaired) electrons. The molecule has 2 aliphatic rings. The molecule has 1 aromatic heterocycles. The van der Waals surface area contributed by atoms with Crippen LogP contribution in [0.15, 0.2) is 27.8 Å². The van der Waals surface area contributed by atoms with Gasteiger partial charge in [0.05, 0.1) is 19.5 Å². The number of nitrogens with one attached hydrogen (secondary N) is 1. The minimum Gasteiger partial charge on any atom is -0.469 e. The van der Waals surface area contributed by atoms with Crippen molar-refractivity contribution in [2.24, 2.45) is 10.9 Å². The molecule has 0 spiro atoms. The van der Waals surface area contributed by atoms with Crippen molar-refractivity contribution in [1.82, 2.24) is 20.0 Å².